The molecular formula is C22H24ClN3O3. The maximum Gasteiger partial charge on any atom is 0.414 e. The highest BCUT2D eigenvalue weighted by atomic mass is 35.5. The van der Waals surface area contributed by atoms with Crippen LogP contribution in [0.25, 0.3) is 22.2 Å². The Labute approximate surface area is 174 Å². The van der Waals surface area contributed by atoms with Crippen molar-refractivity contribution < 1.29 is 14.3 Å². The van der Waals surface area contributed by atoms with Crippen molar-refractivity contribution in [1.29, 1.82) is 0 Å². The van der Waals surface area contributed by atoms with Crippen LogP contribution in [0, 0.1) is 0 Å². The number of aromatic nitrogens is 1. The maximum absolute atomic E-state index is 11.8. The zero-order valence-corrected chi connectivity index (χ0v) is 17.1. The number of benzene rings is 2. The van der Waals surface area contributed by atoms with Gasteiger partial charge in [-0.2, -0.15) is 0 Å². The number of hydrogen-bond donors (Lipinski definition) is 1. The number of rotatable bonds is 7. The molecule has 2 N–H and O–H groups in total. The van der Waals surface area contributed by atoms with Crippen LogP contribution in [0.15, 0.2) is 42.5 Å². The number of nitrogens with zero attached hydrogens (tertiary/aromatic N) is 2. The molecule has 0 aliphatic carbocycles. The second-order valence-corrected chi connectivity index (χ2v) is 7.27. The lowest BCUT2D eigenvalue weighted by Gasteiger charge is -2.14. The van der Waals surface area contributed by atoms with Gasteiger partial charge in [-0.15, -0.1) is 11.6 Å². The zero-order chi connectivity index (χ0) is 20.4. The molecule has 0 radical (unpaired) electrons. The van der Waals surface area contributed by atoms with E-state index in [-0.39, 0.29) is 6.09 Å². The van der Waals surface area contributed by atoms with Crippen molar-refractivity contribution in [2.45, 2.75) is 19.9 Å². The zero-order valence-electron chi connectivity index (χ0n) is 16.4. The Morgan fingerprint density at radius 2 is 2.00 bits per heavy atom. The third-order valence-corrected chi connectivity index (χ3v) is 5.42. The average molecular weight is 414 g/mol. The molecule has 1 fully saturated rings. The van der Waals surface area contributed by atoms with Gasteiger partial charge in [-0.1, -0.05) is 12.1 Å². The van der Waals surface area contributed by atoms with E-state index in [0.29, 0.717) is 25.6 Å². The minimum Gasteiger partial charge on any atom is -0.493 e. The minimum atomic E-state index is -0.304. The van der Waals surface area contributed by atoms with Crippen LogP contribution in [0.1, 0.15) is 13.3 Å². The Kier molecular flexibility index (Phi) is 5.53. The van der Waals surface area contributed by atoms with E-state index in [1.807, 2.05) is 42.5 Å². The monoisotopic (exact) mass is 413 g/mol. The predicted octanol–water partition coefficient (Wildman–Crippen LogP) is 4.87. The number of anilines is 2. The number of halogens is 1. The molecule has 7 heteroatoms. The SMILES string of the molecule is CCn1c(-c2ccc(N3CCOC3=O)cc2)c(N)c2ccc(OCCCCl)cc21. The molecule has 0 unspecified atom stereocenters. The van der Waals surface area contributed by atoms with Crippen molar-refractivity contribution in [1.82, 2.24) is 4.57 Å². The van der Waals surface area contributed by atoms with Crippen LogP contribution in [-0.2, 0) is 11.3 Å². The summed E-state index contributed by atoms with van der Waals surface area (Å²) in [5, 5.41) is 0.999. The number of alkyl halides is 1. The molecule has 2 aromatic carbocycles. The van der Waals surface area contributed by atoms with Crippen molar-refractivity contribution in [2.75, 3.05) is 36.3 Å². The molecule has 0 saturated carbocycles. The lowest BCUT2D eigenvalue weighted by molar-refractivity contribution is 0.181. The fourth-order valence-electron chi connectivity index (χ4n) is 3.76. The fourth-order valence-corrected chi connectivity index (χ4v) is 3.87. The molecule has 152 valence electrons. The van der Waals surface area contributed by atoms with Gasteiger partial charge in [0.2, 0.25) is 0 Å². The highest BCUT2D eigenvalue weighted by Crippen LogP contribution is 2.38. The van der Waals surface area contributed by atoms with Gasteiger partial charge >= 0.3 is 6.09 Å². The summed E-state index contributed by atoms with van der Waals surface area (Å²) in [7, 11) is 0. The van der Waals surface area contributed by atoms with Crippen LogP contribution in [0.3, 0.4) is 0 Å². The molecular weight excluding hydrogens is 390 g/mol. The first-order chi connectivity index (χ1) is 14.1. The normalized spacial score (nSPS) is 13.9. The first kappa shape index (κ1) is 19.5. The lowest BCUT2D eigenvalue weighted by Crippen LogP contribution is -2.23. The van der Waals surface area contributed by atoms with E-state index < -0.39 is 0 Å². The molecule has 1 aliphatic rings. The molecule has 0 spiro atoms. The summed E-state index contributed by atoms with van der Waals surface area (Å²) in [6.45, 7) is 4.45. The Hall–Kier alpha value is -2.86. The van der Waals surface area contributed by atoms with Gasteiger partial charge in [0.25, 0.3) is 0 Å². The van der Waals surface area contributed by atoms with Gasteiger partial charge in [0, 0.05) is 35.1 Å². The summed E-state index contributed by atoms with van der Waals surface area (Å²) in [5.74, 6) is 1.39. The molecule has 1 saturated heterocycles. The van der Waals surface area contributed by atoms with E-state index in [0.717, 1.165) is 52.3 Å². The second-order valence-electron chi connectivity index (χ2n) is 6.89. The van der Waals surface area contributed by atoms with Gasteiger partial charge in [0.1, 0.15) is 12.4 Å². The van der Waals surface area contributed by atoms with E-state index in [4.69, 9.17) is 26.8 Å². The van der Waals surface area contributed by atoms with E-state index in [9.17, 15) is 4.79 Å². The summed E-state index contributed by atoms with van der Waals surface area (Å²) < 4.78 is 13.0. The van der Waals surface area contributed by atoms with Crippen LogP contribution >= 0.6 is 11.6 Å². The Bertz CT molecular complexity index is 1030. The molecule has 0 atom stereocenters. The van der Waals surface area contributed by atoms with Crippen molar-refractivity contribution in [3.63, 3.8) is 0 Å². The van der Waals surface area contributed by atoms with Crippen molar-refractivity contribution in [2.24, 2.45) is 0 Å². The van der Waals surface area contributed by atoms with Crippen LogP contribution in [0.2, 0.25) is 0 Å². The topological polar surface area (TPSA) is 69.7 Å². The smallest absolute Gasteiger partial charge is 0.414 e. The maximum atomic E-state index is 11.8. The minimum absolute atomic E-state index is 0.304. The number of fused-ring (bicyclic) bond motifs is 1. The van der Waals surface area contributed by atoms with Crippen LogP contribution in [0.4, 0.5) is 16.2 Å². The fraction of sp³-hybridized carbons (Fsp3) is 0.318. The first-order valence-electron chi connectivity index (χ1n) is 9.79. The standard InChI is InChI=1S/C22H24ClN3O3/c1-2-25-19-14-17(28-12-3-10-23)8-9-18(19)20(24)21(25)15-4-6-16(7-5-15)26-11-13-29-22(26)27/h4-9,14H,2-3,10-13,24H2,1H3. The molecule has 3 aromatic rings. The van der Waals surface area contributed by atoms with E-state index in [1.165, 1.54) is 0 Å². The van der Waals surface area contributed by atoms with Crippen molar-refractivity contribution in [3.05, 3.63) is 42.5 Å². The summed E-state index contributed by atoms with van der Waals surface area (Å²) in [4.78, 5) is 13.4. The Morgan fingerprint density at radius 1 is 1.21 bits per heavy atom. The second kappa shape index (κ2) is 8.25. The molecule has 4 rings (SSSR count). The van der Waals surface area contributed by atoms with E-state index in [2.05, 4.69) is 11.5 Å². The summed E-state index contributed by atoms with van der Waals surface area (Å²) in [5.41, 5.74) is 11.1. The van der Waals surface area contributed by atoms with Crippen LogP contribution in [0.5, 0.6) is 5.75 Å². The number of nitrogens with two attached hydrogens (primary N) is 1. The molecule has 1 aromatic heterocycles. The molecule has 29 heavy (non-hydrogen) atoms. The predicted molar refractivity (Wildman–Crippen MR) is 117 cm³/mol. The Balaban J connectivity index is 1.71. The molecule has 6 nitrogen and oxygen atoms in total. The number of aryl methyl sites for hydroxylation is 1. The van der Waals surface area contributed by atoms with Gasteiger partial charge in [-0.25, -0.2) is 4.79 Å². The van der Waals surface area contributed by atoms with Gasteiger partial charge in [-0.05, 0) is 37.6 Å². The first-order valence-corrected chi connectivity index (χ1v) is 10.3. The van der Waals surface area contributed by atoms with Crippen molar-refractivity contribution >= 4 is 40.0 Å². The lowest BCUT2D eigenvalue weighted by atomic mass is 10.1. The largest absolute Gasteiger partial charge is 0.493 e. The van der Waals surface area contributed by atoms with Gasteiger partial charge in [-0.3, -0.25) is 4.90 Å². The average Bonchev–Trinajstić information content (AvgIpc) is 3.29. The van der Waals surface area contributed by atoms with Gasteiger partial charge in [0.05, 0.1) is 30.0 Å². The summed E-state index contributed by atoms with van der Waals surface area (Å²) >= 11 is 5.73. The highest BCUT2D eigenvalue weighted by molar-refractivity contribution is 6.17. The molecule has 2 heterocycles. The third-order valence-electron chi connectivity index (χ3n) is 5.15. The molecule has 1 amide bonds. The number of amides is 1. The number of ether oxygens (including phenoxy) is 2. The van der Waals surface area contributed by atoms with E-state index >= 15 is 0 Å². The Morgan fingerprint density at radius 3 is 2.66 bits per heavy atom. The van der Waals surface area contributed by atoms with E-state index in [1.54, 1.807) is 4.90 Å². The van der Waals surface area contributed by atoms with Crippen LogP contribution < -0.4 is 15.4 Å². The van der Waals surface area contributed by atoms with Gasteiger partial charge < -0.3 is 19.8 Å². The third kappa shape index (κ3) is 3.60. The quantitative estimate of drug-likeness (QED) is 0.443. The van der Waals surface area contributed by atoms with Gasteiger partial charge in [0.15, 0.2) is 0 Å². The summed E-state index contributed by atoms with van der Waals surface area (Å²) in [6.07, 6.45) is 0.500. The highest BCUT2D eigenvalue weighted by Gasteiger charge is 2.24. The number of carbonyl (C=O) groups is 1. The van der Waals surface area contributed by atoms with Crippen LogP contribution in [-0.4, -0.2) is 36.3 Å². The number of nitrogen functional groups attached to an aromatic ring is 1. The molecule has 1 aliphatic heterocycles. The van der Waals surface area contributed by atoms with Crippen molar-refractivity contribution in [3.8, 4) is 17.0 Å². The summed E-state index contributed by atoms with van der Waals surface area (Å²) in [6, 6.07) is 13.8. The number of carbonyl (C=O) groups excluding carboxylic acids is 1. The number of hydrogen-bond acceptors (Lipinski definition) is 4. The molecule has 0 bridgehead atoms. The number of cyclic esters (lactones) is 1.